The van der Waals surface area contributed by atoms with Crippen LogP contribution in [-0.4, -0.2) is 42.1 Å². The first-order chi connectivity index (χ1) is 17.3. The molecule has 0 aliphatic carbocycles. The van der Waals surface area contributed by atoms with Crippen LogP contribution in [0.25, 0.3) is 5.76 Å². The maximum Gasteiger partial charge on any atom is 0.300 e. The summed E-state index contributed by atoms with van der Waals surface area (Å²) in [6.45, 7) is 7.65. The number of ether oxygens (including phenoxy) is 1. The van der Waals surface area contributed by atoms with Gasteiger partial charge in [-0.15, -0.1) is 0 Å². The van der Waals surface area contributed by atoms with Crippen LogP contribution in [0.3, 0.4) is 0 Å². The number of carbonyl (C=O) groups is 2. The molecule has 1 amide bonds. The molecule has 3 aromatic rings. The lowest BCUT2D eigenvalue weighted by Gasteiger charge is -2.27. The van der Waals surface area contributed by atoms with Crippen molar-refractivity contribution in [1.82, 2.24) is 0 Å². The number of aliphatic hydroxyl groups excluding tert-OH is 1. The SMILES string of the molecule is CCN(CC)c1ccc(C2/C(=C(\O)c3ccc(OC)cc3)C(=O)C(=O)N2c2cc(C)ccc2O)cc1. The number of aromatic hydroxyl groups is 1. The highest BCUT2D eigenvalue weighted by Crippen LogP contribution is 2.45. The Morgan fingerprint density at radius 3 is 2.19 bits per heavy atom. The highest BCUT2D eigenvalue weighted by atomic mass is 16.5. The van der Waals surface area contributed by atoms with E-state index in [1.165, 1.54) is 18.1 Å². The van der Waals surface area contributed by atoms with E-state index < -0.39 is 17.7 Å². The average Bonchev–Trinajstić information content (AvgIpc) is 3.16. The minimum absolute atomic E-state index is 0.0401. The molecule has 0 spiro atoms. The third-order valence-electron chi connectivity index (χ3n) is 6.54. The molecule has 1 aliphatic rings. The van der Waals surface area contributed by atoms with Gasteiger partial charge in [-0.2, -0.15) is 0 Å². The number of aryl methyl sites for hydroxylation is 1. The molecule has 2 N–H and O–H groups in total. The zero-order valence-corrected chi connectivity index (χ0v) is 20.9. The van der Waals surface area contributed by atoms with Gasteiger partial charge in [-0.3, -0.25) is 14.5 Å². The molecule has 1 unspecified atom stereocenters. The Morgan fingerprint density at radius 1 is 0.972 bits per heavy atom. The van der Waals surface area contributed by atoms with E-state index in [4.69, 9.17) is 4.74 Å². The molecule has 186 valence electrons. The van der Waals surface area contributed by atoms with Crippen LogP contribution < -0.4 is 14.5 Å². The van der Waals surface area contributed by atoms with Gasteiger partial charge in [0.2, 0.25) is 0 Å². The van der Waals surface area contributed by atoms with Crippen LogP contribution in [0.4, 0.5) is 11.4 Å². The van der Waals surface area contributed by atoms with E-state index >= 15 is 0 Å². The molecule has 4 rings (SSSR count). The molecule has 1 heterocycles. The zero-order valence-electron chi connectivity index (χ0n) is 20.9. The monoisotopic (exact) mass is 486 g/mol. The number of carbonyl (C=O) groups excluding carboxylic acids is 2. The Balaban J connectivity index is 1.91. The normalized spacial score (nSPS) is 16.9. The summed E-state index contributed by atoms with van der Waals surface area (Å²) in [5, 5.41) is 21.9. The van der Waals surface area contributed by atoms with E-state index in [0.717, 1.165) is 24.3 Å². The summed E-state index contributed by atoms with van der Waals surface area (Å²) >= 11 is 0. The summed E-state index contributed by atoms with van der Waals surface area (Å²) in [7, 11) is 1.54. The highest BCUT2D eigenvalue weighted by molar-refractivity contribution is 6.52. The Bertz CT molecular complexity index is 1310. The second-order valence-corrected chi connectivity index (χ2v) is 8.65. The minimum Gasteiger partial charge on any atom is -0.507 e. The Kier molecular flexibility index (Phi) is 7.01. The molecule has 0 bridgehead atoms. The molecule has 1 fully saturated rings. The van der Waals surface area contributed by atoms with E-state index in [-0.39, 0.29) is 22.8 Å². The summed E-state index contributed by atoms with van der Waals surface area (Å²) in [5.41, 5.74) is 3.02. The van der Waals surface area contributed by atoms with Crippen molar-refractivity contribution >= 4 is 28.8 Å². The van der Waals surface area contributed by atoms with Gasteiger partial charge < -0.3 is 19.8 Å². The van der Waals surface area contributed by atoms with Crippen LogP contribution in [0.5, 0.6) is 11.5 Å². The van der Waals surface area contributed by atoms with Crippen LogP contribution in [-0.2, 0) is 9.59 Å². The number of Topliss-reactive ketones (excluding diaryl/α,β-unsaturated/α-hetero) is 1. The number of phenols is 1. The summed E-state index contributed by atoms with van der Waals surface area (Å²) in [5.74, 6) is -1.45. The first-order valence-corrected chi connectivity index (χ1v) is 11.9. The second-order valence-electron chi connectivity index (χ2n) is 8.65. The molecule has 1 aliphatic heterocycles. The average molecular weight is 487 g/mol. The number of hydrogen-bond donors (Lipinski definition) is 2. The third-order valence-corrected chi connectivity index (χ3v) is 6.54. The number of aliphatic hydroxyl groups is 1. The van der Waals surface area contributed by atoms with Gasteiger partial charge in [0.15, 0.2) is 0 Å². The highest BCUT2D eigenvalue weighted by Gasteiger charge is 2.47. The summed E-state index contributed by atoms with van der Waals surface area (Å²) < 4.78 is 5.19. The molecule has 3 aromatic carbocycles. The van der Waals surface area contributed by atoms with Crippen LogP contribution in [0.1, 0.15) is 36.6 Å². The largest absolute Gasteiger partial charge is 0.507 e. The van der Waals surface area contributed by atoms with Gasteiger partial charge >= 0.3 is 0 Å². The lowest BCUT2D eigenvalue weighted by atomic mass is 9.94. The fourth-order valence-electron chi connectivity index (χ4n) is 4.58. The summed E-state index contributed by atoms with van der Waals surface area (Å²) in [6, 6.07) is 18.1. The number of rotatable bonds is 7. The molecular weight excluding hydrogens is 456 g/mol. The second kappa shape index (κ2) is 10.2. The number of nitrogens with zero attached hydrogens (tertiary/aromatic N) is 2. The van der Waals surface area contributed by atoms with Gasteiger partial charge in [0.05, 0.1) is 24.4 Å². The Morgan fingerprint density at radius 2 is 1.61 bits per heavy atom. The molecule has 0 saturated carbocycles. The van der Waals surface area contributed by atoms with Gasteiger partial charge in [0, 0.05) is 24.3 Å². The van der Waals surface area contributed by atoms with Crippen molar-refractivity contribution in [3.63, 3.8) is 0 Å². The fraction of sp³-hybridized carbons (Fsp3) is 0.241. The Labute approximate surface area is 210 Å². The lowest BCUT2D eigenvalue weighted by molar-refractivity contribution is -0.132. The molecule has 0 aromatic heterocycles. The van der Waals surface area contributed by atoms with Gasteiger partial charge in [-0.1, -0.05) is 18.2 Å². The third kappa shape index (κ3) is 4.40. The van der Waals surface area contributed by atoms with E-state index in [1.807, 2.05) is 31.2 Å². The molecule has 36 heavy (non-hydrogen) atoms. The quantitative estimate of drug-likeness (QED) is 0.272. The van der Waals surface area contributed by atoms with Crippen LogP contribution in [0.15, 0.2) is 72.3 Å². The van der Waals surface area contributed by atoms with Crippen molar-refractivity contribution in [3.8, 4) is 11.5 Å². The predicted molar refractivity (Wildman–Crippen MR) is 141 cm³/mol. The van der Waals surface area contributed by atoms with E-state index in [9.17, 15) is 19.8 Å². The lowest BCUT2D eigenvalue weighted by Crippen LogP contribution is -2.29. The first kappa shape index (κ1) is 24.9. The van der Waals surface area contributed by atoms with E-state index in [0.29, 0.717) is 16.9 Å². The molecule has 1 saturated heterocycles. The molecular formula is C29H30N2O5. The number of amides is 1. The van der Waals surface area contributed by atoms with Crippen molar-refractivity contribution in [2.24, 2.45) is 0 Å². The van der Waals surface area contributed by atoms with Crippen molar-refractivity contribution in [2.45, 2.75) is 26.8 Å². The standard InChI is InChI=1S/C29H30N2O5/c1-5-30(6-2)21-12-8-19(9-13-21)26-25(27(33)20-10-14-22(36-4)15-11-20)28(34)29(35)31(26)23-17-18(3)7-16-24(23)32/h7-17,26,32-33H,5-6H2,1-4H3/b27-25+. The van der Waals surface area contributed by atoms with Gasteiger partial charge in [0.25, 0.3) is 11.7 Å². The fourth-order valence-corrected chi connectivity index (χ4v) is 4.58. The first-order valence-electron chi connectivity index (χ1n) is 11.9. The van der Waals surface area contributed by atoms with Crippen molar-refractivity contribution in [2.75, 3.05) is 30.0 Å². The number of ketones is 1. The van der Waals surface area contributed by atoms with Gasteiger partial charge in [-0.05, 0) is 80.4 Å². The molecule has 7 heteroatoms. The minimum atomic E-state index is -0.925. The number of hydrogen-bond acceptors (Lipinski definition) is 6. The van der Waals surface area contributed by atoms with Crippen LogP contribution in [0.2, 0.25) is 0 Å². The van der Waals surface area contributed by atoms with Crippen molar-refractivity contribution < 1.29 is 24.5 Å². The van der Waals surface area contributed by atoms with Gasteiger partial charge in [0.1, 0.15) is 17.3 Å². The maximum absolute atomic E-state index is 13.4. The molecule has 0 radical (unpaired) electrons. The van der Waals surface area contributed by atoms with Crippen molar-refractivity contribution in [3.05, 3.63) is 89.0 Å². The topological polar surface area (TPSA) is 90.3 Å². The van der Waals surface area contributed by atoms with E-state index in [2.05, 4.69) is 18.7 Å². The van der Waals surface area contributed by atoms with E-state index in [1.54, 1.807) is 36.4 Å². The predicted octanol–water partition coefficient (Wildman–Crippen LogP) is 5.18. The number of anilines is 2. The smallest absolute Gasteiger partial charge is 0.300 e. The van der Waals surface area contributed by atoms with Gasteiger partial charge in [-0.25, -0.2) is 0 Å². The van der Waals surface area contributed by atoms with Crippen molar-refractivity contribution in [1.29, 1.82) is 0 Å². The maximum atomic E-state index is 13.4. The molecule has 1 atom stereocenters. The Hall–Kier alpha value is -4.26. The molecule has 7 nitrogen and oxygen atoms in total. The van der Waals surface area contributed by atoms with Crippen LogP contribution in [0, 0.1) is 6.92 Å². The van der Waals surface area contributed by atoms with Crippen LogP contribution >= 0.6 is 0 Å². The number of phenolic OH excluding ortho intramolecular Hbond substituents is 1. The summed E-state index contributed by atoms with van der Waals surface area (Å²) in [6.07, 6.45) is 0. The zero-order chi connectivity index (χ0) is 26.0. The summed E-state index contributed by atoms with van der Waals surface area (Å²) in [4.78, 5) is 30.2. The number of methoxy groups -OCH3 is 1. The number of benzene rings is 3.